The first-order chi connectivity index (χ1) is 8.95. The Hall–Kier alpha value is -1.50. The van der Waals surface area contributed by atoms with Gasteiger partial charge >= 0.3 is 0 Å². The fourth-order valence-corrected chi connectivity index (χ4v) is 1.72. The maximum Gasteiger partial charge on any atom is 0.282 e. The Balaban J connectivity index is 2.76. The van der Waals surface area contributed by atoms with E-state index in [0.29, 0.717) is 13.0 Å². The van der Waals surface area contributed by atoms with Crippen LogP contribution in [0.25, 0.3) is 0 Å². The van der Waals surface area contributed by atoms with Crippen LogP contribution in [0.1, 0.15) is 30.1 Å². The van der Waals surface area contributed by atoms with Gasteiger partial charge in [0.05, 0.1) is 4.92 Å². The van der Waals surface area contributed by atoms with Crippen LogP contribution in [0.15, 0.2) is 18.2 Å². The zero-order chi connectivity index (χ0) is 14.4. The highest BCUT2D eigenvalue weighted by molar-refractivity contribution is 9.09. The van der Waals surface area contributed by atoms with Crippen molar-refractivity contribution < 1.29 is 14.1 Å². The molecule has 1 rings (SSSR count). The summed E-state index contributed by atoms with van der Waals surface area (Å²) in [5, 5.41) is 13.3. The first kappa shape index (κ1) is 15.6. The van der Waals surface area contributed by atoms with Crippen LogP contribution in [0.4, 0.5) is 10.1 Å². The van der Waals surface area contributed by atoms with E-state index >= 15 is 0 Å². The Morgan fingerprint density at radius 1 is 1.58 bits per heavy atom. The molecule has 0 fully saturated rings. The van der Waals surface area contributed by atoms with Gasteiger partial charge in [-0.2, -0.15) is 0 Å². The average molecular weight is 333 g/mol. The molecule has 1 N–H and O–H groups in total. The molecule has 0 aliphatic rings. The van der Waals surface area contributed by atoms with Gasteiger partial charge in [-0.05, 0) is 25.0 Å². The van der Waals surface area contributed by atoms with E-state index in [4.69, 9.17) is 0 Å². The summed E-state index contributed by atoms with van der Waals surface area (Å²) in [6, 6.07) is 2.82. The number of carbonyl (C=O) groups excluding carboxylic acids is 1. The Morgan fingerprint density at radius 3 is 2.84 bits per heavy atom. The third-order valence-corrected chi connectivity index (χ3v) is 3.69. The molecular weight excluding hydrogens is 319 g/mol. The smallest absolute Gasteiger partial charge is 0.282 e. The van der Waals surface area contributed by atoms with Crippen molar-refractivity contribution in [2.45, 2.75) is 24.6 Å². The Kier molecular flexibility index (Phi) is 5.88. The average Bonchev–Trinajstić information content (AvgIpc) is 2.37. The first-order valence-corrected chi connectivity index (χ1v) is 6.73. The van der Waals surface area contributed by atoms with Crippen LogP contribution in [-0.2, 0) is 0 Å². The predicted octanol–water partition coefficient (Wildman–Crippen LogP) is 3.03. The van der Waals surface area contributed by atoms with Crippen molar-refractivity contribution in [3.63, 3.8) is 0 Å². The van der Waals surface area contributed by atoms with Crippen molar-refractivity contribution in [3.05, 3.63) is 39.7 Å². The zero-order valence-corrected chi connectivity index (χ0v) is 11.9. The van der Waals surface area contributed by atoms with Crippen molar-refractivity contribution in [3.8, 4) is 0 Å². The standard InChI is InChI=1S/C12H14BrFN2O3/c1-2-8(13)5-6-15-12(17)10-7-9(14)3-4-11(10)16(18)19/h3-4,7-8H,2,5-6H2,1H3,(H,15,17). The minimum absolute atomic E-state index is 0.257. The SMILES string of the molecule is CCC(Br)CCNC(=O)c1cc(F)ccc1[N+](=O)[O-]. The predicted molar refractivity (Wildman–Crippen MR) is 73.0 cm³/mol. The number of nitro benzene ring substituents is 1. The topological polar surface area (TPSA) is 72.2 Å². The second-order valence-electron chi connectivity index (χ2n) is 3.97. The van der Waals surface area contributed by atoms with Crippen LogP contribution >= 0.6 is 15.9 Å². The Morgan fingerprint density at radius 2 is 2.26 bits per heavy atom. The molecule has 1 aromatic carbocycles. The molecule has 0 saturated heterocycles. The summed E-state index contributed by atoms with van der Waals surface area (Å²) in [6.45, 7) is 2.37. The van der Waals surface area contributed by atoms with E-state index in [1.54, 1.807) is 0 Å². The summed E-state index contributed by atoms with van der Waals surface area (Å²) in [4.78, 5) is 22.1. The summed E-state index contributed by atoms with van der Waals surface area (Å²) in [7, 11) is 0. The number of alkyl halides is 1. The molecule has 7 heteroatoms. The summed E-state index contributed by atoms with van der Waals surface area (Å²) >= 11 is 3.41. The van der Waals surface area contributed by atoms with Gasteiger partial charge in [0.2, 0.25) is 0 Å². The lowest BCUT2D eigenvalue weighted by Crippen LogP contribution is -2.26. The number of benzene rings is 1. The molecule has 0 saturated carbocycles. The van der Waals surface area contributed by atoms with E-state index in [0.717, 1.165) is 24.6 Å². The molecule has 104 valence electrons. The molecule has 0 aromatic heterocycles. The van der Waals surface area contributed by atoms with Gasteiger partial charge in [0.1, 0.15) is 11.4 Å². The maximum atomic E-state index is 13.1. The van der Waals surface area contributed by atoms with Crippen molar-refractivity contribution in [1.82, 2.24) is 5.32 Å². The largest absolute Gasteiger partial charge is 0.352 e. The van der Waals surface area contributed by atoms with Crippen LogP contribution < -0.4 is 5.32 Å². The molecule has 1 atom stereocenters. The lowest BCUT2D eigenvalue weighted by Gasteiger charge is -2.08. The number of carbonyl (C=O) groups is 1. The van der Waals surface area contributed by atoms with Gasteiger partial charge in [0.25, 0.3) is 11.6 Å². The molecular formula is C12H14BrFN2O3. The van der Waals surface area contributed by atoms with Crippen LogP contribution in [0.2, 0.25) is 0 Å². The van der Waals surface area contributed by atoms with Gasteiger partial charge in [0.15, 0.2) is 0 Å². The normalized spacial score (nSPS) is 11.9. The van der Waals surface area contributed by atoms with Crippen LogP contribution in [-0.4, -0.2) is 22.2 Å². The lowest BCUT2D eigenvalue weighted by atomic mass is 10.1. The number of amides is 1. The molecule has 1 aromatic rings. The van der Waals surface area contributed by atoms with Crippen LogP contribution in [0, 0.1) is 15.9 Å². The molecule has 0 spiro atoms. The third-order valence-electron chi connectivity index (χ3n) is 2.59. The van der Waals surface area contributed by atoms with Gasteiger partial charge in [-0.3, -0.25) is 14.9 Å². The number of halogens is 2. The Labute approximate surface area is 118 Å². The quantitative estimate of drug-likeness (QED) is 0.494. The summed E-state index contributed by atoms with van der Waals surface area (Å²) in [6.07, 6.45) is 1.61. The van der Waals surface area contributed by atoms with Crippen molar-refractivity contribution in [2.24, 2.45) is 0 Å². The lowest BCUT2D eigenvalue weighted by molar-refractivity contribution is -0.385. The third kappa shape index (κ3) is 4.59. The van der Waals surface area contributed by atoms with E-state index in [-0.39, 0.29) is 10.4 Å². The van der Waals surface area contributed by atoms with E-state index in [2.05, 4.69) is 21.2 Å². The number of hydrogen-bond acceptors (Lipinski definition) is 3. The monoisotopic (exact) mass is 332 g/mol. The molecule has 0 aliphatic carbocycles. The van der Waals surface area contributed by atoms with Crippen molar-refractivity contribution in [2.75, 3.05) is 6.54 Å². The molecule has 0 aliphatic heterocycles. The van der Waals surface area contributed by atoms with Crippen molar-refractivity contribution >= 4 is 27.5 Å². The van der Waals surface area contributed by atoms with Gasteiger partial charge < -0.3 is 5.32 Å². The second kappa shape index (κ2) is 7.18. The first-order valence-electron chi connectivity index (χ1n) is 5.82. The van der Waals surface area contributed by atoms with Gasteiger partial charge in [-0.1, -0.05) is 22.9 Å². The second-order valence-corrected chi connectivity index (χ2v) is 5.26. The minimum Gasteiger partial charge on any atom is -0.352 e. The number of nitrogens with one attached hydrogen (secondary N) is 1. The number of rotatable bonds is 6. The summed E-state index contributed by atoms with van der Waals surface area (Å²) < 4.78 is 13.1. The zero-order valence-electron chi connectivity index (χ0n) is 10.4. The highest BCUT2D eigenvalue weighted by Crippen LogP contribution is 2.19. The summed E-state index contributed by atoms with van der Waals surface area (Å²) in [5.41, 5.74) is -0.655. The number of hydrogen-bond donors (Lipinski definition) is 1. The van der Waals surface area contributed by atoms with Crippen LogP contribution in [0.5, 0.6) is 0 Å². The van der Waals surface area contributed by atoms with Crippen LogP contribution in [0.3, 0.4) is 0 Å². The van der Waals surface area contributed by atoms with Crippen molar-refractivity contribution in [1.29, 1.82) is 0 Å². The van der Waals surface area contributed by atoms with E-state index in [1.165, 1.54) is 0 Å². The maximum absolute atomic E-state index is 13.1. The molecule has 1 unspecified atom stereocenters. The fraction of sp³-hybridized carbons (Fsp3) is 0.417. The molecule has 19 heavy (non-hydrogen) atoms. The Bertz CT molecular complexity index is 482. The van der Waals surface area contributed by atoms with E-state index < -0.39 is 22.3 Å². The van der Waals surface area contributed by atoms with E-state index in [1.807, 2.05) is 6.92 Å². The summed E-state index contributed by atoms with van der Waals surface area (Å²) in [5.74, 6) is -1.32. The molecule has 5 nitrogen and oxygen atoms in total. The highest BCUT2D eigenvalue weighted by atomic mass is 79.9. The molecule has 0 radical (unpaired) electrons. The molecule has 0 heterocycles. The number of nitro groups is 1. The number of nitrogens with zero attached hydrogens (tertiary/aromatic N) is 1. The molecule has 1 amide bonds. The van der Waals surface area contributed by atoms with Gasteiger partial charge in [-0.25, -0.2) is 4.39 Å². The minimum atomic E-state index is -0.701. The van der Waals surface area contributed by atoms with Gasteiger partial charge in [-0.15, -0.1) is 0 Å². The van der Waals surface area contributed by atoms with Gasteiger partial charge in [0, 0.05) is 17.4 Å². The van der Waals surface area contributed by atoms with E-state index in [9.17, 15) is 19.3 Å². The molecule has 0 bridgehead atoms. The highest BCUT2D eigenvalue weighted by Gasteiger charge is 2.20. The fourth-order valence-electron chi connectivity index (χ4n) is 1.49.